The van der Waals surface area contributed by atoms with Crippen molar-refractivity contribution in [1.82, 2.24) is 15.2 Å². The van der Waals surface area contributed by atoms with Crippen LogP contribution in [0.5, 0.6) is 0 Å². The highest BCUT2D eigenvalue weighted by Gasteiger charge is 2.39. The molecule has 158 valence electrons. The Kier molecular flexibility index (Phi) is 6.40. The molecule has 11 heteroatoms. The van der Waals surface area contributed by atoms with Gasteiger partial charge in [-0.2, -0.15) is 0 Å². The number of carbonyl (C=O) groups is 4. The molecule has 2 N–H and O–H groups in total. The van der Waals surface area contributed by atoms with Crippen LogP contribution in [0.4, 0.5) is 14.3 Å². The molecule has 4 amide bonds. The van der Waals surface area contributed by atoms with Crippen molar-refractivity contribution >= 4 is 40.3 Å². The molecule has 2 heterocycles. The lowest BCUT2D eigenvalue weighted by Gasteiger charge is -2.13. The maximum atomic E-state index is 13.3. The summed E-state index contributed by atoms with van der Waals surface area (Å²) in [6, 6.07) is 3.86. The number of hydrogen-bond donors (Lipinski definition) is 2. The number of nitrogens with one attached hydrogen (secondary N) is 2. The molecule has 1 aromatic carbocycles. The highest BCUT2D eigenvalue weighted by atomic mass is 32.1. The van der Waals surface area contributed by atoms with Gasteiger partial charge in [0.2, 0.25) is 5.91 Å². The van der Waals surface area contributed by atoms with E-state index in [9.17, 15) is 23.6 Å². The van der Waals surface area contributed by atoms with Gasteiger partial charge >= 0.3 is 12.0 Å². The second-order valence-electron chi connectivity index (χ2n) is 6.46. The van der Waals surface area contributed by atoms with Crippen molar-refractivity contribution in [3.63, 3.8) is 0 Å². The summed E-state index contributed by atoms with van der Waals surface area (Å²) >= 11 is 0.963. The quantitative estimate of drug-likeness (QED) is 0.510. The van der Waals surface area contributed by atoms with E-state index in [4.69, 9.17) is 4.74 Å². The Balaban J connectivity index is 1.60. The number of thiazole rings is 1. The van der Waals surface area contributed by atoms with Crippen molar-refractivity contribution in [1.29, 1.82) is 0 Å². The Hall–Kier alpha value is -3.34. The van der Waals surface area contributed by atoms with Crippen LogP contribution in [0.25, 0.3) is 0 Å². The van der Waals surface area contributed by atoms with Crippen molar-refractivity contribution in [3.8, 4) is 0 Å². The first-order valence-electron chi connectivity index (χ1n) is 9.09. The lowest BCUT2D eigenvalue weighted by molar-refractivity contribution is -0.130. The van der Waals surface area contributed by atoms with Gasteiger partial charge in [-0.15, -0.1) is 0 Å². The van der Waals surface area contributed by atoms with Crippen LogP contribution in [0.2, 0.25) is 0 Å². The summed E-state index contributed by atoms with van der Waals surface area (Å²) < 4.78 is 18.2. The molecule has 0 aliphatic carbocycles. The minimum absolute atomic E-state index is 0.102. The highest BCUT2D eigenvalue weighted by Crippen LogP contribution is 2.24. The number of hydrogen-bond acceptors (Lipinski definition) is 7. The van der Waals surface area contributed by atoms with Gasteiger partial charge < -0.3 is 15.4 Å². The zero-order valence-electron chi connectivity index (χ0n) is 16.2. The van der Waals surface area contributed by atoms with Crippen LogP contribution in [0, 0.1) is 12.7 Å². The number of rotatable bonds is 7. The Morgan fingerprint density at radius 3 is 2.83 bits per heavy atom. The van der Waals surface area contributed by atoms with Crippen LogP contribution < -0.4 is 10.6 Å². The van der Waals surface area contributed by atoms with E-state index in [1.807, 2.05) is 0 Å². The number of esters is 1. The molecule has 0 radical (unpaired) electrons. The molecule has 1 aliphatic heterocycles. The molecule has 30 heavy (non-hydrogen) atoms. The van der Waals surface area contributed by atoms with Crippen molar-refractivity contribution in [2.24, 2.45) is 0 Å². The first-order valence-corrected chi connectivity index (χ1v) is 9.90. The molecule has 0 bridgehead atoms. The Morgan fingerprint density at radius 1 is 1.37 bits per heavy atom. The van der Waals surface area contributed by atoms with E-state index in [0.29, 0.717) is 11.3 Å². The molecule has 9 nitrogen and oxygen atoms in total. The molecule has 0 spiro atoms. The van der Waals surface area contributed by atoms with Crippen LogP contribution in [-0.4, -0.2) is 46.3 Å². The van der Waals surface area contributed by atoms with Crippen LogP contribution in [-0.2, 0) is 20.9 Å². The number of carbonyl (C=O) groups excluding carboxylic acids is 4. The maximum absolute atomic E-state index is 13.3. The number of halogens is 1. The molecule has 1 atom stereocenters. The molecule has 0 unspecified atom stereocenters. The second-order valence-corrected chi connectivity index (χ2v) is 7.46. The zero-order valence-corrected chi connectivity index (χ0v) is 17.0. The number of benzene rings is 1. The van der Waals surface area contributed by atoms with Crippen LogP contribution in [0.1, 0.15) is 34.3 Å². The van der Waals surface area contributed by atoms with Gasteiger partial charge in [-0.05, 0) is 31.5 Å². The molecule has 1 fully saturated rings. The van der Waals surface area contributed by atoms with Gasteiger partial charge in [-0.3, -0.25) is 14.5 Å². The van der Waals surface area contributed by atoms with E-state index in [1.165, 1.54) is 18.2 Å². The summed E-state index contributed by atoms with van der Waals surface area (Å²) in [5.41, 5.74) is 0.869. The molecule has 3 rings (SSSR count). The lowest BCUT2D eigenvalue weighted by Crippen LogP contribution is -2.34. The number of nitrogens with zero attached hydrogens (tertiary/aromatic N) is 2. The van der Waals surface area contributed by atoms with Crippen LogP contribution in [0.3, 0.4) is 0 Å². The predicted molar refractivity (Wildman–Crippen MR) is 105 cm³/mol. The van der Waals surface area contributed by atoms with Crippen molar-refractivity contribution in [2.75, 3.05) is 11.9 Å². The standard InChI is InChI=1S/C19H19FN4O5S/c1-3-29-17(27)15-10(2)21-18(30-15)23-14(25)8-13-16(26)24(19(28)22-13)9-11-5-4-6-12(20)7-11/h4-7,13H,3,8-9H2,1-2H3,(H,22,28)(H,21,23,25)/t13-/m0/s1. The third kappa shape index (κ3) is 4.79. The SMILES string of the molecule is CCOC(=O)c1sc(NC(=O)C[C@@H]2NC(=O)N(Cc3cccc(F)c3)C2=O)nc1C. The topological polar surface area (TPSA) is 118 Å². The van der Waals surface area contributed by atoms with Gasteiger partial charge in [0.25, 0.3) is 5.91 Å². The summed E-state index contributed by atoms with van der Waals surface area (Å²) in [5.74, 6) is -2.14. The molecular weight excluding hydrogens is 415 g/mol. The monoisotopic (exact) mass is 434 g/mol. The number of ether oxygens (including phenoxy) is 1. The lowest BCUT2D eigenvalue weighted by atomic mass is 10.1. The molecule has 1 aromatic heterocycles. The van der Waals surface area contributed by atoms with E-state index in [-0.39, 0.29) is 29.6 Å². The Bertz CT molecular complexity index is 1010. The van der Waals surface area contributed by atoms with Crippen molar-refractivity contribution in [2.45, 2.75) is 32.9 Å². The Morgan fingerprint density at radius 2 is 2.13 bits per heavy atom. The Labute approximate surface area is 175 Å². The van der Waals surface area contributed by atoms with Crippen molar-refractivity contribution < 1.29 is 28.3 Å². The van der Waals surface area contributed by atoms with E-state index >= 15 is 0 Å². The van der Waals surface area contributed by atoms with Crippen LogP contribution >= 0.6 is 11.3 Å². The summed E-state index contributed by atoms with van der Waals surface area (Å²) in [5, 5.41) is 5.16. The third-order valence-corrected chi connectivity index (χ3v) is 5.28. The molecule has 2 aromatic rings. The van der Waals surface area contributed by atoms with E-state index in [0.717, 1.165) is 16.2 Å². The summed E-state index contributed by atoms with van der Waals surface area (Å²) in [6.45, 7) is 3.41. The summed E-state index contributed by atoms with van der Waals surface area (Å²) in [4.78, 5) is 54.1. The highest BCUT2D eigenvalue weighted by molar-refractivity contribution is 7.17. The van der Waals surface area contributed by atoms with Gasteiger partial charge in [0, 0.05) is 0 Å². The van der Waals surface area contributed by atoms with Gasteiger partial charge in [0.05, 0.1) is 25.3 Å². The number of urea groups is 1. The van der Waals surface area contributed by atoms with Crippen molar-refractivity contribution in [3.05, 3.63) is 46.2 Å². The van der Waals surface area contributed by atoms with Gasteiger partial charge in [0.15, 0.2) is 5.13 Å². The fourth-order valence-corrected chi connectivity index (χ4v) is 3.75. The first-order chi connectivity index (χ1) is 14.3. The smallest absolute Gasteiger partial charge is 0.350 e. The summed E-state index contributed by atoms with van der Waals surface area (Å²) in [7, 11) is 0. The number of aromatic nitrogens is 1. The number of anilines is 1. The fourth-order valence-electron chi connectivity index (χ4n) is 2.87. The average molecular weight is 434 g/mol. The van der Waals surface area contributed by atoms with E-state index in [2.05, 4.69) is 15.6 Å². The minimum atomic E-state index is -1.04. The average Bonchev–Trinajstić information content (AvgIpc) is 3.16. The fraction of sp³-hybridized carbons (Fsp3) is 0.316. The zero-order chi connectivity index (χ0) is 21.8. The van der Waals surface area contributed by atoms with E-state index in [1.54, 1.807) is 19.9 Å². The molecule has 1 saturated heterocycles. The molecule has 1 aliphatic rings. The predicted octanol–water partition coefficient (Wildman–Crippen LogP) is 2.22. The van der Waals surface area contributed by atoms with Gasteiger partial charge in [-0.1, -0.05) is 23.5 Å². The van der Waals surface area contributed by atoms with E-state index < -0.39 is 35.7 Å². The largest absolute Gasteiger partial charge is 0.462 e. The van der Waals surface area contributed by atoms with Gasteiger partial charge in [0.1, 0.15) is 16.7 Å². The summed E-state index contributed by atoms with van der Waals surface area (Å²) in [6.07, 6.45) is -0.308. The first kappa shape index (κ1) is 21.4. The number of aryl methyl sites for hydroxylation is 1. The number of amides is 4. The normalized spacial score (nSPS) is 15.8. The minimum Gasteiger partial charge on any atom is -0.462 e. The van der Waals surface area contributed by atoms with Crippen LogP contribution in [0.15, 0.2) is 24.3 Å². The molecular formula is C19H19FN4O5S. The second kappa shape index (κ2) is 8.99. The van der Waals surface area contributed by atoms with Gasteiger partial charge in [-0.25, -0.2) is 19.0 Å². The maximum Gasteiger partial charge on any atom is 0.350 e. The number of imide groups is 1. The third-order valence-electron chi connectivity index (χ3n) is 4.23. The molecule has 0 saturated carbocycles.